The van der Waals surface area contributed by atoms with Gasteiger partial charge in [0.15, 0.2) is 0 Å². The summed E-state index contributed by atoms with van der Waals surface area (Å²) in [4.78, 5) is 4.98. The first-order valence-corrected chi connectivity index (χ1v) is 7.48. The van der Waals surface area contributed by atoms with Crippen LogP contribution in [0.15, 0.2) is 24.3 Å². The third-order valence-electron chi connectivity index (χ3n) is 4.33. The van der Waals surface area contributed by atoms with Gasteiger partial charge in [0.1, 0.15) is 0 Å². The van der Waals surface area contributed by atoms with Crippen LogP contribution in [0.25, 0.3) is 0 Å². The number of hydrogen-bond donors (Lipinski definition) is 1. The van der Waals surface area contributed by atoms with E-state index in [1.807, 2.05) is 0 Å². The second-order valence-corrected chi connectivity index (χ2v) is 5.48. The molecule has 0 spiro atoms. The summed E-state index contributed by atoms with van der Waals surface area (Å²) in [6, 6.07) is 9.57. The number of rotatable bonds is 5. The van der Waals surface area contributed by atoms with Crippen molar-refractivity contribution in [1.82, 2.24) is 4.90 Å². The van der Waals surface area contributed by atoms with Gasteiger partial charge < -0.3 is 15.5 Å². The van der Waals surface area contributed by atoms with Gasteiger partial charge >= 0.3 is 0 Å². The fourth-order valence-electron chi connectivity index (χ4n) is 2.90. The summed E-state index contributed by atoms with van der Waals surface area (Å²) < 4.78 is 0. The SMILES string of the molecule is CCN1CCC(N(C)c2ccc(CCN)cc2)CC1. The highest BCUT2D eigenvalue weighted by Gasteiger charge is 2.21. The summed E-state index contributed by atoms with van der Waals surface area (Å²) >= 11 is 0. The van der Waals surface area contributed by atoms with Gasteiger partial charge in [0.2, 0.25) is 0 Å². The van der Waals surface area contributed by atoms with Crippen molar-refractivity contribution < 1.29 is 0 Å². The highest BCUT2D eigenvalue weighted by atomic mass is 15.2. The molecule has 0 radical (unpaired) electrons. The van der Waals surface area contributed by atoms with E-state index in [2.05, 4.69) is 48.0 Å². The Hall–Kier alpha value is -1.06. The Kier molecular flexibility index (Phi) is 5.23. The van der Waals surface area contributed by atoms with Gasteiger partial charge in [-0.05, 0) is 50.0 Å². The summed E-state index contributed by atoms with van der Waals surface area (Å²) in [5, 5.41) is 0. The van der Waals surface area contributed by atoms with Crippen LogP contribution in [0.3, 0.4) is 0 Å². The average molecular weight is 261 g/mol. The molecule has 0 unspecified atom stereocenters. The van der Waals surface area contributed by atoms with Crippen LogP contribution in [-0.2, 0) is 6.42 Å². The Morgan fingerprint density at radius 1 is 1.21 bits per heavy atom. The van der Waals surface area contributed by atoms with Gasteiger partial charge in [-0.15, -0.1) is 0 Å². The molecule has 3 heteroatoms. The molecule has 1 heterocycles. The minimum absolute atomic E-state index is 0.683. The van der Waals surface area contributed by atoms with E-state index in [0.717, 1.165) is 13.0 Å². The van der Waals surface area contributed by atoms with Crippen molar-refractivity contribution in [2.45, 2.75) is 32.2 Å². The van der Waals surface area contributed by atoms with Gasteiger partial charge in [-0.25, -0.2) is 0 Å². The third-order valence-corrected chi connectivity index (χ3v) is 4.33. The number of hydrogen-bond acceptors (Lipinski definition) is 3. The molecule has 0 aliphatic carbocycles. The highest BCUT2D eigenvalue weighted by Crippen LogP contribution is 2.22. The Bertz CT molecular complexity index is 366. The zero-order valence-corrected chi connectivity index (χ0v) is 12.3. The lowest BCUT2D eigenvalue weighted by atomic mass is 10.0. The van der Waals surface area contributed by atoms with E-state index in [9.17, 15) is 0 Å². The fourth-order valence-corrected chi connectivity index (χ4v) is 2.90. The molecule has 1 fully saturated rings. The van der Waals surface area contributed by atoms with Gasteiger partial charge in [0.05, 0.1) is 0 Å². The summed E-state index contributed by atoms with van der Waals surface area (Å²) in [6.45, 7) is 6.63. The van der Waals surface area contributed by atoms with E-state index < -0.39 is 0 Å². The zero-order valence-electron chi connectivity index (χ0n) is 12.3. The van der Waals surface area contributed by atoms with Crippen molar-refractivity contribution in [2.75, 3.05) is 38.1 Å². The number of piperidine rings is 1. The maximum Gasteiger partial charge on any atom is 0.0366 e. The topological polar surface area (TPSA) is 32.5 Å². The predicted molar refractivity (Wildman–Crippen MR) is 82.7 cm³/mol. The molecule has 1 aliphatic rings. The highest BCUT2D eigenvalue weighted by molar-refractivity contribution is 5.48. The van der Waals surface area contributed by atoms with Crippen LogP contribution < -0.4 is 10.6 Å². The second-order valence-electron chi connectivity index (χ2n) is 5.48. The standard InChI is InChI=1S/C16H27N3/c1-3-19-12-9-16(10-13-19)18(2)15-6-4-14(5-7-15)8-11-17/h4-7,16H,3,8-13,17H2,1-2H3. The van der Waals surface area contributed by atoms with E-state index in [1.54, 1.807) is 0 Å². The summed E-state index contributed by atoms with van der Waals surface area (Å²) in [6.07, 6.45) is 3.52. The smallest absolute Gasteiger partial charge is 0.0366 e. The summed E-state index contributed by atoms with van der Waals surface area (Å²) in [7, 11) is 2.23. The van der Waals surface area contributed by atoms with Crippen molar-refractivity contribution in [2.24, 2.45) is 5.73 Å². The number of nitrogens with zero attached hydrogens (tertiary/aromatic N) is 2. The molecule has 1 saturated heterocycles. The Balaban J connectivity index is 1.94. The first-order valence-electron chi connectivity index (χ1n) is 7.48. The molecule has 0 bridgehead atoms. The molecule has 0 atom stereocenters. The van der Waals surface area contributed by atoms with Crippen LogP contribution in [0.5, 0.6) is 0 Å². The zero-order chi connectivity index (χ0) is 13.7. The van der Waals surface area contributed by atoms with Gasteiger partial charge in [-0.1, -0.05) is 19.1 Å². The number of likely N-dealkylation sites (tertiary alicyclic amines) is 1. The number of nitrogens with two attached hydrogens (primary N) is 1. The normalized spacial score (nSPS) is 17.6. The third kappa shape index (κ3) is 3.71. The fraction of sp³-hybridized carbons (Fsp3) is 0.625. The van der Waals surface area contributed by atoms with E-state index in [1.165, 1.54) is 43.7 Å². The van der Waals surface area contributed by atoms with Crippen molar-refractivity contribution >= 4 is 5.69 Å². The van der Waals surface area contributed by atoms with Crippen molar-refractivity contribution in [3.05, 3.63) is 29.8 Å². The maximum atomic E-state index is 5.59. The number of benzene rings is 1. The maximum absolute atomic E-state index is 5.59. The molecule has 1 aliphatic heterocycles. The Labute approximate surface area is 117 Å². The molecule has 2 rings (SSSR count). The van der Waals surface area contributed by atoms with Crippen LogP contribution in [0.4, 0.5) is 5.69 Å². The molecule has 1 aromatic carbocycles. The van der Waals surface area contributed by atoms with Gasteiger partial charge in [0, 0.05) is 31.9 Å². The first kappa shape index (κ1) is 14.4. The predicted octanol–water partition coefficient (Wildman–Crippen LogP) is 2.11. The molecular formula is C16H27N3. The van der Waals surface area contributed by atoms with Crippen LogP contribution in [0.1, 0.15) is 25.3 Å². The molecule has 0 saturated carbocycles. The summed E-state index contributed by atoms with van der Waals surface area (Å²) in [5.74, 6) is 0. The minimum Gasteiger partial charge on any atom is -0.372 e. The first-order chi connectivity index (χ1) is 9.24. The molecule has 19 heavy (non-hydrogen) atoms. The van der Waals surface area contributed by atoms with Crippen molar-refractivity contribution in [3.8, 4) is 0 Å². The van der Waals surface area contributed by atoms with E-state index in [0.29, 0.717) is 6.04 Å². The molecular weight excluding hydrogens is 234 g/mol. The summed E-state index contributed by atoms with van der Waals surface area (Å²) in [5.41, 5.74) is 8.25. The molecule has 0 amide bonds. The molecule has 3 nitrogen and oxygen atoms in total. The van der Waals surface area contributed by atoms with Crippen molar-refractivity contribution in [1.29, 1.82) is 0 Å². The van der Waals surface area contributed by atoms with E-state index in [-0.39, 0.29) is 0 Å². The van der Waals surface area contributed by atoms with Gasteiger partial charge in [-0.2, -0.15) is 0 Å². The van der Waals surface area contributed by atoms with Crippen LogP contribution in [0, 0.1) is 0 Å². The van der Waals surface area contributed by atoms with Gasteiger partial charge in [-0.3, -0.25) is 0 Å². The lowest BCUT2D eigenvalue weighted by molar-refractivity contribution is 0.221. The van der Waals surface area contributed by atoms with E-state index >= 15 is 0 Å². The van der Waals surface area contributed by atoms with E-state index in [4.69, 9.17) is 5.73 Å². The lowest BCUT2D eigenvalue weighted by Crippen LogP contribution is -2.43. The quantitative estimate of drug-likeness (QED) is 0.881. The average Bonchev–Trinajstić information content (AvgIpc) is 2.48. The second kappa shape index (κ2) is 6.92. The number of anilines is 1. The monoisotopic (exact) mass is 261 g/mol. The van der Waals surface area contributed by atoms with Crippen molar-refractivity contribution in [3.63, 3.8) is 0 Å². The largest absolute Gasteiger partial charge is 0.372 e. The Morgan fingerprint density at radius 2 is 1.84 bits per heavy atom. The Morgan fingerprint density at radius 3 is 2.37 bits per heavy atom. The van der Waals surface area contributed by atoms with Gasteiger partial charge in [0.25, 0.3) is 0 Å². The van der Waals surface area contributed by atoms with Crippen LogP contribution in [0.2, 0.25) is 0 Å². The lowest BCUT2D eigenvalue weighted by Gasteiger charge is -2.37. The molecule has 0 aromatic heterocycles. The van der Waals surface area contributed by atoms with Crippen LogP contribution in [-0.4, -0.2) is 44.2 Å². The molecule has 106 valence electrons. The molecule has 2 N–H and O–H groups in total. The van der Waals surface area contributed by atoms with Crippen LogP contribution >= 0.6 is 0 Å². The minimum atomic E-state index is 0.683. The molecule has 1 aromatic rings.